The predicted octanol–water partition coefficient (Wildman–Crippen LogP) is 7.65. The molecule has 12 heteroatoms. The van der Waals surface area contributed by atoms with Gasteiger partial charge in [-0.3, -0.25) is 9.69 Å². The second kappa shape index (κ2) is 11.3. The second-order valence-corrected chi connectivity index (χ2v) is 11.6. The zero-order valence-electron chi connectivity index (χ0n) is 23.3. The number of aromatic nitrogens is 2. The Labute approximate surface area is 255 Å². The minimum absolute atomic E-state index is 0.130. The Balaban J connectivity index is 1.08. The number of para-hydroxylation sites is 1. The molecule has 3 amide bonds. The molecule has 0 saturated carbocycles. The summed E-state index contributed by atoms with van der Waals surface area (Å²) in [4.78, 5) is 39.9. The summed E-state index contributed by atoms with van der Waals surface area (Å²) in [6, 6.07) is 23.3. The Hall–Kier alpha value is -4.94. The maximum Gasteiger partial charge on any atom is 0.332 e. The third-order valence-corrected chi connectivity index (χ3v) is 8.70. The van der Waals surface area contributed by atoms with Crippen LogP contribution in [0.2, 0.25) is 0 Å². The molecule has 0 atom stereocenters. The van der Waals surface area contributed by atoms with Crippen molar-refractivity contribution in [3.8, 4) is 11.5 Å². The molecule has 3 aromatic carbocycles. The molecule has 0 unspecified atom stereocenters. The Morgan fingerprint density at radius 3 is 2.39 bits per heavy atom. The number of nitrogens with one attached hydrogen (secondary N) is 2. The summed E-state index contributed by atoms with van der Waals surface area (Å²) in [6.07, 6.45) is 1.12. The smallest absolute Gasteiger partial charge is 0.332 e. The van der Waals surface area contributed by atoms with Crippen molar-refractivity contribution < 1.29 is 23.1 Å². The van der Waals surface area contributed by atoms with Crippen LogP contribution in [-0.2, 0) is 6.54 Å². The summed E-state index contributed by atoms with van der Waals surface area (Å²) in [5.74, 6) is -1.28. The van der Waals surface area contributed by atoms with Gasteiger partial charge < -0.3 is 15.4 Å². The topological polar surface area (TPSA) is 99.7 Å². The molecule has 2 aromatic heterocycles. The van der Waals surface area contributed by atoms with Crippen molar-refractivity contribution in [2.45, 2.75) is 25.3 Å². The number of halogens is 2. The molecule has 1 saturated heterocycles. The van der Waals surface area contributed by atoms with Gasteiger partial charge in [-0.05, 0) is 54.1 Å². The van der Waals surface area contributed by atoms with Gasteiger partial charge in [0.25, 0.3) is 11.8 Å². The van der Waals surface area contributed by atoms with Crippen LogP contribution in [-0.4, -0.2) is 45.8 Å². The number of piperidine rings is 1. The summed E-state index contributed by atoms with van der Waals surface area (Å²) in [5.41, 5.74) is 2.48. The molecule has 2 aliphatic heterocycles. The quantitative estimate of drug-likeness (QED) is 0.196. The monoisotopic (exact) mass is 612 g/mol. The minimum atomic E-state index is -2.58. The van der Waals surface area contributed by atoms with Gasteiger partial charge in [0.05, 0.1) is 16.8 Å². The maximum atomic E-state index is 13.5. The van der Waals surface area contributed by atoms with Crippen molar-refractivity contribution in [1.29, 1.82) is 0 Å². The molecule has 9 nitrogen and oxygen atoms in total. The summed E-state index contributed by atoms with van der Waals surface area (Å²) in [6.45, 7) is 1.27. The largest absolute Gasteiger partial charge is 0.457 e. The van der Waals surface area contributed by atoms with Crippen LogP contribution in [0.25, 0.3) is 10.2 Å². The fourth-order valence-electron chi connectivity index (χ4n) is 5.33. The average Bonchev–Trinajstić information content (AvgIpc) is 3.40. The van der Waals surface area contributed by atoms with Gasteiger partial charge in [0.2, 0.25) is 0 Å². The predicted molar refractivity (Wildman–Crippen MR) is 165 cm³/mol. The normalized spacial score (nSPS) is 16.0. The number of benzene rings is 3. The molecule has 0 radical (unpaired) electrons. The number of nitrogens with zero attached hydrogens (tertiary/aromatic N) is 4. The molecule has 0 aliphatic carbocycles. The van der Waals surface area contributed by atoms with E-state index >= 15 is 0 Å². The van der Waals surface area contributed by atoms with E-state index < -0.39 is 17.9 Å². The first-order valence-corrected chi connectivity index (χ1v) is 14.9. The number of hydrogen-bond acceptors (Lipinski definition) is 7. The van der Waals surface area contributed by atoms with E-state index in [9.17, 15) is 18.4 Å². The van der Waals surface area contributed by atoms with Crippen molar-refractivity contribution in [3.63, 3.8) is 0 Å². The minimum Gasteiger partial charge on any atom is -0.457 e. The maximum absolute atomic E-state index is 13.5. The van der Waals surface area contributed by atoms with Gasteiger partial charge in [-0.2, -0.15) is 0 Å². The van der Waals surface area contributed by atoms with Crippen LogP contribution >= 0.6 is 11.3 Å². The lowest BCUT2D eigenvalue weighted by atomic mass is 10.1. The third-order valence-electron chi connectivity index (χ3n) is 7.60. The number of alkyl halides is 2. The second-order valence-electron chi connectivity index (χ2n) is 10.6. The number of carbonyl (C=O) groups is 2. The van der Waals surface area contributed by atoms with Crippen LogP contribution in [0.4, 0.5) is 36.5 Å². The summed E-state index contributed by atoms with van der Waals surface area (Å²) < 4.78 is 32.8. The van der Waals surface area contributed by atoms with E-state index in [1.54, 1.807) is 36.4 Å². The van der Waals surface area contributed by atoms with Crippen LogP contribution in [0.5, 0.6) is 11.5 Å². The highest BCUT2D eigenvalue weighted by atomic mass is 32.1. The van der Waals surface area contributed by atoms with E-state index in [4.69, 9.17) is 4.74 Å². The molecular formula is C32H26F2N6O3S. The Kier molecular flexibility index (Phi) is 7.15. The third kappa shape index (κ3) is 5.56. The highest BCUT2D eigenvalue weighted by Gasteiger charge is 2.35. The molecule has 0 bridgehead atoms. The van der Waals surface area contributed by atoms with Gasteiger partial charge in [0, 0.05) is 38.2 Å². The molecule has 2 aliphatic rings. The number of amides is 3. The van der Waals surface area contributed by atoms with Crippen LogP contribution in [0.3, 0.4) is 0 Å². The Bertz CT molecular complexity index is 1840. The number of carbonyl (C=O) groups excluding carboxylic acids is 2. The molecule has 7 rings (SSSR count). The zero-order chi connectivity index (χ0) is 30.3. The Morgan fingerprint density at radius 1 is 0.955 bits per heavy atom. The molecule has 5 aromatic rings. The van der Waals surface area contributed by atoms with E-state index in [1.165, 1.54) is 22.6 Å². The van der Waals surface area contributed by atoms with Crippen molar-refractivity contribution in [2.24, 2.45) is 0 Å². The SMILES string of the molecule is O=C(Nc1ccc(CN2CCC(F)(F)CC2)cc1)c1sc2ncnc3c2c1NC(=O)N3c1ccc(Oc2ccccc2)cc1. The fraction of sp³-hybridized carbons (Fsp3) is 0.188. The number of rotatable bonds is 7. The summed E-state index contributed by atoms with van der Waals surface area (Å²) >= 11 is 1.17. The van der Waals surface area contributed by atoms with Crippen molar-refractivity contribution in [2.75, 3.05) is 28.6 Å². The van der Waals surface area contributed by atoms with E-state index in [-0.39, 0.29) is 12.8 Å². The number of thiophene rings is 1. The van der Waals surface area contributed by atoms with Gasteiger partial charge in [-0.15, -0.1) is 11.3 Å². The van der Waals surface area contributed by atoms with Gasteiger partial charge in [-0.25, -0.2) is 28.4 Å². The van der Waals surface area contributed by atoms with Crippen LogP contribution in [0.1, 0.15) is 28.1 Å². The van der Waals surface area contributed by atoms with Gasteiger partial charge in [0.15, 0.2) is 5.82 Å². The van der Waals surface area contributed by atoms with E-state index in [0.717, 1.165) is 5.56 Å². The van der Waals surface area contributed by atoms with Crippen LogP contribution in [0, 0.1) is 0 Å². The molecule has 4 heterocycles. The van der Waals surface area contributed by atoms with Crippen LogP contribution in [0.15, 0.2) is 85.2 Å². The number of urea groups is 1. The van der Waals surface area contributed by atoms with Crippen molar-refractivity contribution >= 4 is 56.4 Å². The van der Waals surface area contributed by atoms with Crippen LogP contribution < -0.4 is 20.3 Å². The van der Waals surface area contributed by atoms with E-state index in [1.807, 2.05) is 47.4 Å². The van der Waals surface area contributed by atoms with Gasteiger partial charge in [0.1, 0.15) is 27.5 Å². The first-order chi connectivity index (χ1) is 21.3. The first-order valence-electron chi connectivity index (χ1n) is 14.0. The molecular weight excluding hydrogens is 586 g/mol. The van der Waals surface area contributed by atoms with E-state index in [0.29, 0.717) is 69.1 Å². The zero-order valence-corrected chi connectivity index (χ0v) is 24.1. The van der Waals surface area contributed by atoms with Crippen molar-refractivity contribution in [3.05, 3.63) is 95.6 Å². The highest BCUT2D eigenvalue weighted by Crippen LogP contribution is 2.45. The average molecular weight is 613 g/mol. The lowest BCUT2D eigenvalue weighted by Crippen LogP contribution is -2.38. The van der Waals surface area contributed by atoms with E-state index in [2.05, 4.69) is 20.6 Å². The molecule has 222 valence electrons. The number of ether oxygens (including phenoxy) is 1. The standard InChI is InChI=1S/C32H26F2N6O3S/c33-32(34)14-16-39(17-15-32)18-20-6-8-21(9-7-20)37-29(41)27-26-25-28(35-19-36-30(25)44-27)40(31(42)38-26)22-10-12-24(13-11-22)43-23-4-2-1-3-5-23/h1-13,19H,14-18H2,(H,37,41)(H,38,42). The van der Waals surface area contributed by atoms with Gasteiger partial charge >= 0.3 is 6.03 Å². The molecule has 2 N–H and O–H groups in total. The first kappa shape index (κ1) is 27.9. The summed E-state index contributed by atoms with van der Waals surface area (Å²) in [7, 11) is 0. The highest BCUT2D eigenvalue weighted by molar-refractivity contribution is 7.21. The molecule has 44 heavy (non-hydrogen) atoms. The van der Waals surface area contributed by atoms with Crippen molar-refractivity contribution in [1.82, 2.24) is 14.9 Å². The number of anilines is 4. The lowest BCUT2D eigenvalue weighted by Gasteiger charge is -2.31. The number of likely N-dealkylation sites (tertiary alicyclic amines) is 1. The molecule has 1 fully saturated rings. The lowest BCUT2D eigenvalue weighted by molar-refractivity contribution is -0.0566. The summed E-state index contributed by atoms with van der Waals surface area (Å²) in [5, 5.41) is 6.34. The fourth-order valence-corrected chi connectivity index (χ4v) is 6.32. The number of hydrogen-bond donors (Lipinski definition) is 2. The molecule has 0 spiro atoms. The Morgan fingerprint density at radius 2 is 1.66 bits per heavy atom. The van der Waals surface area contributed by atoms with Gasteiger partial charge in [-0.1, -0.05) is 30.3 Å².